The Morgan fingerprint density at radius 2 is 1.94 bits per heavy atom. The molecule has 1 aromatic rings. The van der Waals surface area contributed by atoms with E-state index in [0.717, 1.165) is 23.9 Å². The Labute approximate surface area is 113 Å². The van der Waals surface area contributed by atoms with E-state index in [-0.39, 0.29) is 0 Å². The molecule has 2 nitrogen and oxygen atoms in total. The van der Waals surface area contributed by atoms with Crippen molar-refractivity contribution in [1.29, 1.82) is 0 Å². The van der Waals surface area contributed by atoms with Crippen LogP contribution in [0, 0.1) is 6.92 Å². The molecule has 1 rings (SSSR count). The lowest BCUT2D eigenvalue weighted by Crippen LogP contribution is -2.39. The van der Waals surface area contributed by atoms with Crippen molar-refractivity contribution in [3.05, 3.63) is 33.8 Å². The summed E-state index contributed by atoms with van der Waals surface area (Å²) in [6.07, 6.45) is 1.57. The third-order valence-electron chi connectivity index (χ3n) is 3.29. The minimum Gasteiger partial charge on any atom is -0.389 e. The first-order chi connectivity index (χ1) is 8.00. The second-order valence-electron chi connectivity index (χ2n) is 4.63. The highest BCUT2D eigenvalue weighted by molar-refractivity contribution is 9.10. The van der Waals surface area contributed by atoms with Gasteiger partial charge < -0.3 is 10.4 Å². The van der Waals surface area contributed by atoms with Crippen molar-refractivity contribution < 1.29 is 5.11 Å². The highest BCUT2D eigenvalue weighted by Crippen LogP contribution is 2.19. The van der Waals surface area contributed by atoms with E-state index in [1.54, 1.807) is 0 Å². The second-order valence-corrected chi connectivity index (χ2v) is 5.48. The summed E-state index contributed by atoms with van der Waals surface area (Å²) < 4.78 is 1.13. The summed E-state index contributed by atoms with van der Waals surface area (Å²) in [4.78, 5) is 0. The van der Waals surface area contributed by atoms with Crippen molar-refractivity contribution in [3.63, 3.8) is 0 Å². The molecule has 0 atom stereocenters. The van der Waals surface area contributed by atoms with Gasteiger partial charge in [0, 0.05) is 17.6 Å². The highest BCUT2D eigenvalue weighted by Gasteiger charge is 2.21. The third-order valence-corrected chi connectivity index (χ3v) is 4.03. The van der Waals surface area contributed by atoms with Gasteiger partial charge in [0.15, 0.2) is 0 Å². The molecule has 0 radical (unpaired) electrons. The van der Waals surface area contributed by atoms with E-state index >= 15 is 0 Å². The van der Waals surface area contributed by atoms with E-state index in [2.05, 4.69) is 46.4 Å². The summed E-state index contributed by atoms with van der Waals surface area (Å²) in [7, 11) is 0. The molecule has 3 heteroatoms. The van der Waals surface area contributed by atoms with Gasteiger partial charge in [-0.15, -0.1) is 0 Å². The minimum atomic E-state index is -0.572. The van der Waals surface area contributed by atoms with Crippen LogP contribution in [0.2, 0.25) is 0 Å². The molecular formula is C14H22BrNO. The zero-order chi connectivity index (χ0) is 12.9. The number of aliphatic hydroxyl groups is 1. The van der Waals surface area contributed by atoms with Crippen molar-refractivity contribution >= 4 is 15.9 Å². The summed E-state index contributed by atoms with van der Waals surface area (Å²) in [5.74, 6) is 0. The Balaban J connectivity index is 2.51. The van der Waals surface area contributed by atoms with Gasteiger partial charge in [-0.1, -0.05) is 41.9 Å². The van der Waals surface area contributed by atoms with Crippen LogP contribution in [0.5, 0.6) is 0 Å². The lowest BCUT2D eigenvalue weighted by atomic mass is 9.97. The van der Waals surface area contributed by atoms with Crippen LogP contribution >= 0.6 is 15.9 Å². The van der Waals surface area contributed by atoms with Crippen molar-refractivity contribution in [2.24, 2.45) is 0 Å². The van der Waals surface area contributed by atoms with E-state index < -0.39 is 5.60 Å². The van der Waals surface area contributed by atoms with Crippen LogP contribution in [-0.2, 0) is 6.54 Å². The summed E-state index contributed by atoms with van der Waals surface area (Å²) in [6, 6.07) is 6.33. The Morgan fingerprint density at radius 1 is 1.29 bits per heavy atom. The molecule has 17 heavy (non-hydrogen) atoms. The molecule has 0 aliphatic carbocycles. The van der Waals surface area contributed by atoms with Gasteiger partial charge in [-0.3, -0.25) is 0 Å². The SMILES string of the molecule is CCC(O)(CC)CNCc1ccc(C)cc1Br. The zero-order valence-electron chi connectivity index (χ0n) is 10.9. The fourth-order valence-corrected chi connectivity index (χ4v) is 2.36. The number of rotatable bonds is 6. The van der Waals surface area contributed by atoms with Crippen molar-refractivity contribution in [2.45, 2.75) is 45.8 Å². The van der Waals surface area contributed by atoms with Gasteiger partial charge in [-0.05, 0) is 37.0 Å². The molecule has 0 unspecified atom stereocenters. The minimum absolute atomic E-state index is 0.572. The molecule has 0 saturated heterocycles. The molecule has 0 aromatic heterocycles. The van der Waals surface area contributed by atoms with E-state index in [4.69, 9.17) is 0 Å². The number of hydrogen-bond acceptors (Lipinski definition) is 2. The van der Waals surface area contributed by atoms with Crippen molar-refractivity contribution in [1.82, 2.24) is 5.32 Å². The summed E-state index contributed by atoms with van der Waals surface area (Å²) in [6.45, 7) is 7.54. The Morgan fingerprint density at radius 3 is 2.47 bits per heavy atom. The van der Waals surface area contributed by atoms with Gasteiger partial charge in [-0.2, -0.15) is 0 Å². The molecule has 0 aliphatic rings. The average Bonchev–Trinajstić information content (AvgIpc) is 2.32. The standard InChI is InChI=1S/C14H22BrNO/c1-4-14(17,5-2)10-16-9-12-7-6-11(3)8-13(12)15/h6-8,16-17H,4-5,9-10H2,1-3H3. The lowest BCUT2D eigenvalue weighted by Gasteiger charge is -2.25. The van der Waals surface area contributed by atoms with Crippen LogP contribution in [0.3, 0.4) is 0 Å². The highest BCUT2D eigenvalue weighted by atomic mass is 79.9. The first-order valence-electron chi connectivity index (χ1n) is 6.19. The fraction of sp³-hybridized carbons (Fsp3) is 0.571. The Bertz CT molecular complexity index is 361. The molecule has 1 aromatic carbocycles. The molecule has 0 aliphatic heterocycles. The maximum absolute atomic E-state index is 10.1. The molecular weight excluding hydrogens is 278 g/mol. The van der Waals surface area contributed by atoms with Crippen LogP contribution in [0.25, 0.3) is 0 Å². The lowest BCUT2D eigenvalue weighted by molar-refractivity contribution is 0.0323. The van der Waals surface area contributed by atoms with Gasteiger partial charge in [0.2, 0.25) is 0 Å². The van der Waals surface area contributed by atoms with Gasteiger partial charge in [0.1, 0.15) is 0 Å². The van der Waals surface area contributed by atoms with E-state index in [1.165, 1.54) is 11.1 Å². The number of hydrogen-bond donors (Lipinski definition) is 2. The topological polar surface area (TPSA) is 32.3 Å². The number of benzene rings is 1. The maximum atomic E-state index is 10.1. The van der Waals surface area contributed by atoms with Crippen molar-refractivity contribution in [2.75, 3.05) is 6.54 Å². The molecule has 2 N–H and O–H groups in total. The summed E-state index contributed by atoms with van der Waals surface area (Å²) in [5.41, 5.74) is 1.90. The Kier molecular flexibility index (Phi) is 5.63. The Hall–Kier alpha value is -0.380. The normalized spacial score (nSPS) is 11.8. The molecule has 0 heterocycles. The van der Waals surface area contributed by atoms with E-state index in [1.807, 2.05) is 13.8 Å². The van der Waals surface area contributed by atoms with Crippen molar-refractivity contribution in [3.8, 4) is 0 Å². The zero-order valence-corrected chi connectivity index (χ0v) is 12.5. The molecule has 0 bridgehead atoms. The fourth-order valence-electron chi connectivity index (χ4n) is 1.73. The van der Waals surface area contributed by atoms with Gasteiger partial charge in [0.05, 0.1) is 5.60 Å². The molecule has 0 fully saturated rings. The number of halogens is 1. The smallest absolute Gasteiger partial charge is 0.0766 e. The van der Waals surface area contributed by atoms with Gasteiger partial charge in [0.25, 0.3) is 0 Å². The van der Waals surface area contributed by atoms with Crippen LogP contribution in [0.15, 0.2) is 22.7 Å². The van der Waals surface area contributed by atoms with Gasteiger partial charge >= 0.3 is 0 Å². The largest absolute Gasteiger partial charge is 0.389 e. The predicted octanol–water partition coefficient (Wildman–Crippen LogP) is 3.40. The van der Waals surface area contributed by atoms with Crippen LogP contribution in [0.4, 0.5) is 0 Å². The van der Waals surface area contributed by atoms with E-state index in [0.29, 0.717) is 6.54 Å². The average molecular weight is 300 g/mol. The van der Waals surface area contributed by atoms with Gasteiger partial charge in [-0.25, -0.2) is 0 Å². The number of aryl methyl sites for hydroxylation is 1. The predicted molar refractivity (Wildman–Crippen MR) is 76.1 cm³/mol. The maximum Gasteiger partial charge on any atom is 0.0766 e. The quantitative estimate of drug-likeness (QED) is 0.844. The van der Waals surface area contributed by atoms with Crippen LogP contribution < -0.4 is 5.32 Å². The summed E-state index contributed by atoms with van der Waals surface area (Å²) in [5, 5.41) is 13.5. The molecule has 0 saturated carbocycles. The second kappa shape index (κ2) is 6.53. The summed E-state index contributed by atoms with van der Waals surface area (Å²) >= 11 is 3.56. The van der Waals surface area contributed by atoms with Crippen LogP contribution in [0.1, 0.15) is 37.8 Å². The molecule has 0 spiro atoms. The first-order valence-corrected chi connectivity index (χ1v) is 6.98. The monoisotopic (exact) mass is 299 g/mol. The third kappa shape index (κ3) is 4.41. The number of nitrogens with one attached hydrogen (secondary N) is 1. The molecule has 96 valence electrons. The first kappa shape index (κ1) is 14.7. The van der Waals surface area contributed by atoms with E-state index in [9.17, 15) is 5.11 Å². The molecule has 0 amide bonds. The van der Waals surface area contributed by atoms with Crippen LogP contribution in [-0.4, -0.2) is 17.3 Å².